The molecule has 1 nitrogen and oxygen atoms in total. The first-order valence-corrected chi connectivity index (χ1v) is 4.07. The molecule has 2 aliphatic heterocycles. The van der Waals surface area contributed by atoms with Crippen LogP contribution in [0, 0.1) is 17.8 Å². The monoisotopic (exact) mass is 124 g/mol. The van der Waals surface area contributed by atoms with Gasteiger partial charge in [-0.3, -0.25) is 0 Å². The van der Waals surface area contributed by atoms with E-state index in [1.807, 2.05) is 0 Å². The molecule has 0 radical (unpaired) electrons. The Bertz CT molecular complexity index is 120. The van der Waals surface area contributed by atoms with Crippen molar-refractivity contribution in [2.24, 2.45) is 17.8 Å². The van der Waals surface area contributed by atoms with Crippen molar-refractivity contribution in [1.82, 2.24) is 0 Å². The third-order valence-corrected chi connectivity index (χ3v) is 3.32. The molecular weight excluding hydrogens is 112 g/mol. The molecule has 2 saturated carbocycles. The van der Waals surface area contributed by atoms with E-state index in [9.17, 15) is 0 Å². The number of rotatable bonds is 0. The SMILES string of the molecule is C1CC2OCC1C1CC21. The molecule has 4 unspecified atom stereocenters. The van der Waals surface area contributed by atoms with E-state index < -0.39 is 0 Å². The van der Waals surface area contributed by atoms with Crippen molar-refractivity contribution >= 4 is 0 Å². The van der Waals surface area contributed by atoms with Gasteiger partial charge in [-0.05, 0) is 37.0 Å². The summed E-state index contributed by atoms with van der Waals surface area (Å²) in [5, 5.41) is 0. The van der Waals surface area contributed by atoms with Crippen LogP contribution in [-0.4, -0.2) is 12.7 Å². The van der Waals surface area contributed by atoms with Crippen LogP contribution in [0.3, 0.4) is 0 Å². The summed E-state index contributed by atoms with van der Waals surface area (Å²) in [5.74, 6) is 3.09. The molecule has 2 heterocycles. The van der Waals surface area contributed by atoms with E-state index in [2.05, 4.69) is 0 Å². The fourth-order valence-electron chi connectivity index (χ4n) is 2.67. The summed E-state index contributed by atoms with van der Waals surface area (Å²) in [7, 11) is 0. The lowest BCUT2D eigenvalue weighted by Gasteiger charge is -2.35. The molecule has 0 aromatic carbocycles. The maximum Gasteiger partial charge on any atom is 0.0606 e. The molecule has 0 N–H and O–H groups in total. The Kier molecular flexibility index (Phi) is 0.704. The molecule has 2 aliphatic carbocycles. The molecule has 9 heavy (non-hydrogen) atoms. The summed E-state index contributed by atoms with van der Waals surface area (Å²) >= 11 is 0. The van der Waals surface area contributed by atoms with Crippen LogP contribution in [0.5, 0.6) is 0 Å². The van der Waals surface area contributed by atoms with Gasteiger partial charge in [0.25, 0.3) is 0 Å². The van der Waals surface area contributed by atoms with Crippen molar-refractivity contribution < 1.29 is 4.74 Å². The molecule has 0 aromatic heterocycles. The molecule has 50 valence electrons. The smallest absolute Gasteiger partial charge is 0.0606 e. The van der Waals surface area contributed by atoms with Gasteiger partial charge >= 0.3 is 0 Å². The summed E-state index contributed by atoms with van der Waals surface area (Å²) in [6.07, 6.45) is 5.02. The minimum absolute atomic E-state index is 0.694. The molecule has 0 amide bonds. The Labute approximate surface area is 55.4 Å². The summed E-state index contributed by atoms with van der Waals surface area (Å²) in [5.41, 5.74) is 0. The van der Waals surface area contributed by atoms with E-state index in [-0.39, 0.29) is 0 Å². The van der Waals surface area contributed by atoms with Crippen LogP contribution in [-0.2, 0) is 4.74 Å². The Hall–Kier alpha value is -0.0400. The lowest BCUT2D eigenvalue weighted by atomic mass is 9.85. The van der Waals surface area contributed by atoms with Gasteiger partial charge < -0.3 is 4.74 Å². The fraction of sp³-hybridized carbons (Fsp3) is 1.00. The van der Waals surface area contributed by atoms with Gasteiger partial charge in [-0.15, -0.1) is 0 Å². The van der Waals surface area contributed by atoms with Crippen molar-refractivity contribution in [1.29, 1.82) is 0 Å². The first-order valence-electron chi connectivity index (χ1n) is 4.07. The minimum Gasteiger partial charge on any atom is -0.378 e. The Morgan fingerprint density at radius 2 is 2.11 bits per heavy atom. The van der Waals surface area contributed by atoms with Gasteiger partial charge in [0.1, 0.15) is 0 Å². The largest absolute Gasteiger partial charge is 0.378 e. The highest BCUT2D eigenvalue weighted by Crippen LogP contribution is 2.57. The van der Waals surface area contributed by atoms with Crippen molar-refractivity contribution in [2.45, 2.75) is 25.4 Å². The third kappa shape index (κ3) is 0.493. The van der Waals surface area contributed by atoms with E-state index in [1.165, 1.54) is 19.3 Å². The Morgan fingerprint density at radius 3 is 2.56 bits per heavy atom. The lowest BCUT2D eigenvalue weighted by Crippen LogP contribution is -2.35. The topological polar surface area (TPSA) is 9.23 Å². The molecule has 0 spiro atoms. The standard InChI is InChI=1S/C8H12O/c1-2-8-7-3-6(7)5(1)4-9-8/h5-8H,1-4H2. The van der Waals surface area contributed by atoms with Gasteiger partial charge in [-0.2, -0.15) is 0 Å². The second-order valence-electron chi connectivity index (χ2n) is 3.77. The molecule has 4 fully saturated rings. The summed E-state index contributed by atoms with van der Waals surface area (Å²) < 4.78 is 5.63. The van der Waals surface area contributed by atoms with Gasteiger partial charge in [0, 0.05) is 0 Å². The summed E-state index contributed by atoms with van der Waals surface area (Å²) in [6.45, 7) is 1.09. The predicted molar refractivity (Wildman–Crippen MR) is 34.1 cm³/mol. The number of hydrogen-bond acceptors (Lipinski definition) is 1. The van der Waals surface area contributed by atoms with Gasteiger partial charge in [0.2, 0.25) is 0 Å². The number of hydrogen-bond donors (Lipinski definition) is 0. The maximum absolute atomic E-state index is 5.63. The van der Waals surface area contributed by atoms with Crippen molar-refractivity contribution in [3.8, 4) is 0 Å². The zero-order valence-corrected chi connectivity index (χ0v) is 5.55. The Balaban J connectivity index is 1.93. The average molecular weight is 124 g/mol. The molecular formula is C8H12O. The molecule has 4 aliphatic rings. The van der Waals surface area contributed by atoms with Crippen LogP contribution in [0.15, 0.2) is 0 Å². The minimum atomic E-state index is 0.694. The van der Waals surface area contributed by atoms with Crippen LogP contribution in [0.4, 0.5) is 0 Å². The van der Waals surface area contributed by atoms with E-state index in [1.54, 1.807) is 0 Å². The molecule has 4 rings (SSSR count). The van der Waals surface area contributed by atoms with Gasteiger partial charge in [0.05, 0.1) is 12.7 Å². The van der Waals surface area contributed by atoms with Gasteiger partial charge in [0.15, 0.2) is 0 Å². The second-order valence-corrected chi connectivity index (χ2v) is 3.77. The summed E-state index contributed by atoms with van der Waals surface area (Å²) in [4.78, 5) is 0. The normalized spacial score (nSPS) is 61.3. The highest BCUT2D eigenvalue weighted by molar-refractivity contribution is 5.03. The van der Waals surface area contributed by atoms with Gasteiger partial charge in [-0.1, -0.05) is 0 Å². The highest BCUT2D eigenvalue weighted by Gasteiger charge is 2.54. The molecule has 0 aromatic rings. The molecule has 2 bridgehead atoms. The van der Waals surface area contributed by atoms with Crippen molar-refractivity contribution in [3.05, 3.63) is 0 Å². The Morgan fingerprint density at radius 1 is 1.11 bits per heavy atom. The number of fused-ring (bicyclic) bond motifs is 2. The van der Waals surface area contributed by atoms with Crippen molar-refractivity contribution in [3.63, 3.8) is 0 Å². The zero-order valence-electron chi connectivity index (χ0n) is 5.55. The van der Waals surface area contributed by atoms with Crippen LogP contribution in [0.25, 0.3) is 0 Å². The average Bonchev–Trinajstić information content (AvgIpc) is 2.68. The van der Waals surface area contributed by atoms with E-state index in [0.29, 0.717) is 6.10 Å². The fourth-order valence-corrected chi connectivity index (χ4v) is 2.67. The van der Waals surface area contributed by atoms with Crippen LogP contribution in [0.2, 0.25) is 0 Å². The molecule has 2 saturated heterocycles. The van der Waals surface area contributed by atoms with E-state index in [0.717, 1.165) is 24.4 Å². The van der Waals surface area contributed by atoms with E-state index in [4.69, 9.17) is 4.74 Å². The zero-order chi connectivity index (χ0) is 5.84. The molecule has 1 heteroatoms. The first-order chi connectivity index (χ1) is 4.45. The van der Waals surface area contributed by atoms with Crippen molar-refractivity contribution in [2.75, 3.05) is 6.61 Å². The van der Waals surface area contributed by atoms with Gasteiger partial charge in [-0.25, -0.2) is 0 Å². The maximum atomic E-state index is 5.63. The lowest BCUT2D eigenvalue weighted by molar-refractivity contribution is -0.0694. The summed E-state index contributed by atoms with van der Waals surface area (Å²) in [6, 6.07) is 0. The van der Waals surface area contributed by atoms with Crippen LogP contribution >= 0.6 is 0 Å². The second kappa shape index (κ2) is 1.34. The number of ether oxygens (including phenoxy) is 1. The first kappa shape index (κ1) is 4.73. The van der Waals surface area contributed by atoms with E-state index >= 15 is 0 Å². The highest BCUT2D eigenvalue weighted by atomic mass is 16.5. The van der Waals surface area contributed by atoms with Crippen LogP contribution < -0.4 is 0 Å². The van der Waals surface area contributed by atoms with Crippen LogP contribution in [0.1, 0.15) is 19.3 Å². The molecule has 4 atom stereocenters. The predicted octanol–water partition coefficient (Wildman–Crippen LogP) is 1.43. The third-order valence-electron chi connectivity index (χ3n) is 3.32. The quantitative estimate of drug-likeness (QED) is 0.474.